The van der Waals surface area contributed by atoms with Crippen LogP contribution < -0.4 is 10.5 Å². The Morgan fingerprint density at radius 2 is 1.93 bits per heavy atom. The predicted octanol–water partition coefficient (Wildman–Crippen LogP) is 3.39. The molecule has 15 heavy (non-hydrogen) atoms. The molecule has 0 aliphatic rings. The van der Waals surface area contributed by atoms with Gasteiger partial charge in [-0.15, -0.1) is 0 Å². The van der Waals surface area contributed by atoms with Gasteiger partial charge < -0.3 is 10.5 Å². The SMILES string of the molecule is Cc1ccc(N)c(OC(C)CC(C)C)c1. The van der Waals surface area contributed by atoms with Gasteiger partial charge in [0.1, 0.15) is 5.75 Å². The van der Waals surface area contributed by atoms with Crippen LogP contribution in [-0.2, 0) is 0 Å². The van der Waals surface area contributed by atoms with E-state index in [1.165, 1.54) is 5.56 Å². The van der Waals surface area contributed by atoms with Crippen LogP contribution in [0.25, 0.3) is 0 Å². The van der Waals surface area contributed by atoms with Gasteiger partial charge in [-0.05, 0) is 43.9 Å². The maximum atomic E-state index is 5.84. The van der Waals surface area contributed by atoms with E-state index < -0.39 is 0 Å². The molecule has 0 saturated heterocycles. The number of hydrogen-bond donors (Lipinski definition) is 1. The summed E-state index contributed by atoms with van der Waals surface area (Å²) in [7, 11) is 0. The maximum absolute atomic E-state index is 5.84. The van der Waals surface area contributed by atoms with Gasteiger partial charge in [0.2, 0.25) is 0 Å². The molecule has 0 aliphatic carbocycles. The third-order valence-electron chi connectivity index (χ3n) is 2.30. The minimum absolute atomic E-state index is 0.217. The van der Waals surface area contributed by atoms with Crippen molar-refractivity contribution in [3.05, 3.63) is 23.8 Å². The first-order valence-electron chi connectivity index (χ1n) is 5.52. The van der Waals surface area contributed by atoms with Crippen molar-refractivity contribution in [1.82, 2.24) is 0 Å². The zero-order valence-corrected chi connectivity index (χ0v) is 10.1. The summed E-state index contributed by atoms with van der Waals surface area (Å²) < 4.78 is 5.81. The van der Waals surface area contributed by atoms with Crippen molar-refractivity contribution in [2.24, 2.45) is 5.92 Å². The first kappa shape index (κ1) is 11.9. The van der Waals surface area contributed by atoms with Crippen molar-refractivity contribution in [2.45, 2.75) is 40.2 Å². The number of aryl methyl sites for hydroxylation is 1. The summed E-state index contributed by atoms with van der Waals surface area (Å²) in [6.07, 6.45) is 1.27. The topological polar surface area (TPSA) is 35.2 Å². The number of ether oxygens (including phenoxy) is 1. The molecule has 0 spiro atoms. The summed E-state index contributed by atoms with van der Waals surface area (Å²) in [5.41, 5.74) is 7.74. The number of rotatable bonds is 4. The fourth-order valence-corrected chi connectivity index (χ4v) is 1.67. The Bertz CT molecular complexity index is 320. The number of anilines is 1. The highest BCUT2D eigenvalue weighted by Gasteiger charge is 2.08. The highest BCUT2D eigenvalue weighted by molar-refractivity contribution is 5.53. The van der Waals surface area contributed by atoms with Gasteiger partial charge in [0.05, 0.1) is 11.8 Å². The molecule has 0 aliphatic heterocycles. The molecule has 1 atom stereocenters. The second-order valence-corrected chi connectivity index (χ2v) is 4.60. The van der Waals surface area contributed by atoms with Crippen LogP contribution in [0.15, 0.2) is 18.2 Å². The quantitative estimate of drug-likeness (QED) is 0.768. The van der Waals surface area contributed by atoms with E-state index >= 15 is 0 Å². The fraction of sp³-hybridized carbons (Fsp3) is 0.538. The average Bonchev–Trinajstić information content (AvgIpc) is 2.10. The summed E-state index contributed by atoms with van der Waals surface area (Å²) in [6.45, 7) is 8.51. The molecule has 0 aromatic heterocycles. The van der Waals surface area contributed by atoms with Crippen molar-refractivity contribution in [2.75, 3.05) is 5.73 Å². The van der Waals surface area contributed by atoms with Gasteiger partial charge in [-0.2, -0.15) is 0 Å². The first-order valence-corrected chi connectivity index (χ1v) is 5.52. The van der Waals surface area contributed by atoms with Crippen molar-refractivity contribution >= 4 is 5.69 Å². The van der Waals surface area contributed by atoms with Crippen molar-refractivity contribution < 1.29 is 4.74 Å². The molecule has 2 N–H and O–H groups in total. The van der Waals surface area contributed by atoms with Gasteiger partial charge in [0.25, 0.3) is 0 Å². The fourth-order valence-electron chi connectivity index (χ4n) is 1.67. The summed E-state index contributed by atoms with van der Waals surface area (Å²) in [4.78, 5) is 0. The summed E-state index contributed by atoms with van der Waals surface area (Å²) in [5.74, 6) is 1.45. The Kier molecular flexibility index (Phi) is 4.01. The third-order valence-corrected chi connectivity index (χ3v) is 2.30. The summed E-state index contributed by atoms with van der Waals surface area (Å²) >= 11 is 0. The minimum atomic E-state index is 0.217. The average molecular weight is 207 g/mol. The van der Waals surface area contributed by atoms with Crippen LogP contribution >= 0.6 is 0 Å². The molecule has 84 valence electrons. The number of hydrogen-bond acceptors (Lipinski definition) is 2. The van der Waals surface area contributed by atoms with E-state index in [0.717, 1.165) is 17.9 Å². The molecule has 2 heteroatoms. The van der Waals surface area contributed by atoms with Crippen LogP contribution in [0, 0.1) is 12.8 Å². The van der Waals surface area contributed by atoms with Crippen LogP contribution in [0.2, 0.25) is 0 Å². The second-order valence-electron chi connectivity index (χ2n) is 4.60. The highest BCUT2D eigenvalue weighted by atomic mass is 16.5. The molecule has 1 unspecified atom stereocenters. The van der Waals surface area contributed by atoms with Gasteiger partial charge in [-0.25, -0.2) is 0 Å². The zero-order chi connectivity index (χ0) is 11.4. The lowest BCUT2D eigenvalue weighted by Crippen LogP contribution is -2.15. The van der Waals surface area contributed by atoms with Crippen LogP contribution in [-0.4, -0.2) is 6.10 Å². The number of nitrogens with two attached hydrogens (primary N) is 1. The van der Waals surface area contributed by atoms with Crippen LogP contribution in [0.4, 0.5) is 5.69 Å². The molecule has 0 saturated carbocycles. The molecular weight excluding hydrogens is 186 g/mol. The van der Waals surface area contributed by atoms with E-state index in [1.807, 2.05) is 25.1 Å². The van der Waals surface area contributed by atoms with E-state index in [9.17, 15) is 0 Å². The second kappa shape index (κ2) is 5.06. The molecule has 1 aromatic rings. The first-order chi connectivity index (χ1) is 6.99. The number of benzene rings is 1. The summed E-state index contributed by atoms with van der Waals surface area (Å²) in [6, 6.07) is 5.88. The molecule has 1 rings (SSSR count). The monoisotopic (exact) mass is 207 g/mol. The lowest BCUT2D eigenvalue weighted by Gasteiger charge is -2.18. The van der Waals surface area contributed by atoms with E-state index in [0.29, 0.717) is 5.92 Å². The highest BCUT2D eigenvalue weighted by Crippen LogP contribution is 2.24. The molecule has 0 radical (unpaired) electrons. The van der Waals surface area contributed by atoms with Crippen molar-refractivity contribution in [3.63, 3.8) is 0 Å². The van der Waals surface area contributed by atoms with E-state index in [4.69, 9.17) is 10.5 Å². The Labute approximate surface area is 92.4 Å². The lowest BCUT2D eigenvalue weighted by atomic mass is 10.1. The Morgan fingerprint density at radius 1 is 1.27 bits per heavy atom. The van der Waals surface area contributed by atoms with Gasteiger partial charge in [0, 0.05) is 0 Å². The van der Waals surface area contributed by atoms with E-state index in [1.54, 1.807) is 0 Å². The molecular formula is C13H21NO. The normalized spacial score (nSPS) is 12.9. The molecule has 2 nitrogen and oxygen atoms in total. The van der Waals surface area contributed by atoms with E-state index in [-0.39, 0.29) is 6.10 Å². The van der Waals surface area contributed by atoms with Crippen molar-refractivity contribution in [3.8, 4) is 5.75 Å². The third kappa shape index (κ3) is 3.82. The molecule has 0 heterocycles. The standard InChI is InChI=1S/C13H21NO/c1-9(2)7-11(4)15-13-8-10(3)5-6-12(13)14/h5-6,8-9,11H,7,14H2,1-4H3. The maximum Gasteiger partial charge on any atom is 0.142 e. The summed E-state index contributed by atoms with van der Waals surface area (Å²) in [5, 5.41) is 0. The van der Waals surface area contributed by atoms with Crippen LogP contribution in [0.1, 0.15) is 32.8 Å². The Morgan fingerprint density at radius 3 is 2.53 bits per heavy atom. The predicted molar refractivity (Wildman–Crippen MR) is 65.1 cm³/mol. The lowest BCUT2D eigenvalue weighted by molar-refractivity contribution is 0.194. The van der Waals surface area contributed by atoms with Gasteiger partial charge in [-0.1, -0.05) is 19.9 Å². The Balaban J connectivity index is 2.67. The molecule has 0 fully saturated rings. The largest absolute Gasteiger partial charge is 0.489 e. The van der Waals surface area contributed by atoms with Crippen molar-refractivity contribution in [1.29, 1.82) is 0 Å². The van der Waals surface area contributed by atoms with Gasteiger partial charge in [0.15, 0.2) is 0 Å². The van der Waals surface area contributed by atoms with Crippen LogP contribution in [0.5, 0.6) is 5.75 Å². The smallest absolute Gasteiger partial charge is 0.142 e. The van der Waals surface area contributed by atoms with E-state index in [2.05, 4.69) is 20.8 Å². The zero-order valence-electron chi connectivity index (χ0n) is 10.1. The molecule has 1 aromatic carbocycles. The van der Waals surface area contributed by atoms with Gasteiger partial charge >= 0.3 is 0 Å². The number of nitrogen functional groups attached to an aromatic ring is 1. The van der Waals surface area contributed by atoms with Crippen LogP contribution in [0.3, 0.4) is 0 Å². The van der Waals surface area contributed by atoms with Gasteiger partial charge in [-0.3, -0.25) is 0 Å². The Hall–Kier alpha value is -1.18. The molecule has 0 amide bonds. The minimum Gasteiger partial charge on any atom is -0.489 e. The molecule has 0 bridgehead atoms.